The summed E-state index contributed by atoms with van der Waals surface area (Å²) < 4.78 is 22.0. The van der Waals surface area contributed by atoms with E-state index in [4.69, 9.17) is 5.73 Å². The molecule has 9 heteroatoms. The summed E-state index contributed by atoms with van der Waals surface area (Å²) in [5.74, 6) is -0.559. The number of carbonyl (C=O) groups excluding carboxylic acids is 1. The minimum atomic E-state index is -2.30. The molecule has 0 radical (unpaired) electrons. The molecule has 1 atom stereocenters. The van der Waals surface area contributed by atoms with Crippen LogP contribution in [-0.4, -0.2) is 70.5 Å². The van der Waals surface area contributed by atoms with E-state index in [-0.39, 0.29) is 17.4 Å². The Morgan fingerprint density at radius 2 is 2.00 bits per heavy atom. The molecule has 0 aromatic carbocycles. The maximum absolute atomic E-state index is 10.6. The summed E-state index contributed by atoms with van der Waals surface area (Å²) in [6, 6.07) is 0. The van der Waals surface area contributed by atoms with Crippen LogP contribution in [0.25, 0.3) is 0 Å². The number of hydrogen-bond acceptors (Lipinski definition) is 4. The minimum absolute atomic E-state index is 0. The molecule has 0 spiro atoms. The van der Waals surface area contributed by atoms with Crippen molar-refractivity contribution in [2.75, 3.05) is 5.41 Å². The third kappa shape index (κ3) is 4.87. The molecule has 12 heavy (non-hydrogen) atoms. The van der Waals surface area contributed by atoms with E-state index in [1.54, 1.807) is 0 Å². The molecule has 0 aromatic rings. The van der Waals surface area contributed by atoms with Gasteiger partial charge in [-0.2, -0.15) is 0 Å². The topological polar surface area (TPSA) is 80.5 Å². The molecular weight excluding hydrogens is 225 g/mol. The van der Waals surface area contributed by atoms with Crippen LogP contribution in [0.15, 0.2) is 0 Å². The van der Waals surface area contributed by atoms with Crippen LogP contribution >= 0.6 is 0 Å². The summed E-state index contributed by atoms with van der Waals surface area (Å²) in [5, 5.41) is 0.424. The Bertz CT molecular complexity index is 213. The predicted molar refractivity (Wildman–Crippen MR) is 54.1 cm³/mol. The zero-order valence-corrected chi connectivity index (χ0v) is 14.3. The van der Waals surface area contributed by atoms with Crippen LogP contribution < -0.4 is 5.73 Å². The Balaban J connectivity index is 0. The van der Waals surface area contributed by atoms with E-state index in [0.717, 1.165) is 4.31 Å². The van der Waals surface area contributed by atoms with Gasteiger partial charge in [0.1, 0.15) is 0 Å². The van der Waals surface area contributed by atoms with Crippen molar-refractivity contribution in [2.45, 2.75) is 4.90 Å². The molecule has 0 aliphatic carbocycles. The summed E-state index contributed by atoms with van der Waals surface area (Å²) in [4.78, 5) is 9.97. The average Bonchev–Trinajstić information content (AvgIpc) is 1.88. The van der Waals surface area contributed by atoms with E-state index in [0.29, 0.717) is 38.0 Å². The van der Waals surface area contributed by atoms with E-state index in [1.807, 2.05) is 0 Å². The van der Waals surface area contributed by atoms with Crippen LogP contribution in [0.3, 0.4) is 0 Å². The van der Waals surface area contributed by atoms with E-state index in [1.165, 1.54) is 0 Å². The molecule has 0 saturated carbocycles. The van der Waals surface area contributed by atoms with Crippen molar-refractivity contribution in [3.63, 3.8) is 0 Å². The zero-order chi connectivity index (χ0) is 9.02. The van der Waals surface area contributed by atoms with Crippen molar-refractivity contribution in [3.8, 4) is 0 Å². The van der Waals surface area contributed by atoms with Gasteiger partial charge < -0.3 is 18.5 Å². The molecule has 0 saturated heterocycles. The van der Waals surface area contributed by atoms with Gasteiger partial charge in [-0.15, -0.1) is 0 Å². The fraction of sp³-hybridized carbons (Fsp3) is 0.667. The molecule has 0 aliphatic heterocycles. The van der Waals surface area contributed by atoms with Gasteiger partial charge >= 0.3 is 17.4 Å². The average molecular weight is 236 g/mol. The molecule has 1 amide bonds. The van der Waals surface area contributed by atoms with E-state index in [9.17, 15) is 13.2 Å². The Morgan fingerprint density at radius 1 is 1.58 bits per heavy atom. The Morgan fingerprint density at radius 3 is 2.08 bits per heavy atom. The monoisotopic (exact) mass is 236 g/mol. The molecule has 66 valence electrons. The zero-order valence-electron chi connectivity index (χ0n) is 7.44. The van der Waals surface area contributed by atoms with Gasteiger partial charge in [0.15, 0.2) is 0 Å². The molecule has 0 aromatic heterocycles. The molecule has 0 bridgehead atoms. The first-order valence-corrected chi connectivity index (χ1v) is 6.76. The summed E-state index contributed by atoms with van der Waals surface area (Å²) in [7, 11) is -2.30. The quantitative estimate of drug-likeness (QED) is 0.395. The van der Waals surface area contributed by atoms with Crippen LogP contribution in [0.1, 0.15) is 0 Å². The molecule has 0 heterocycles. The van der Waals surface area contributed by atoms with Gasteiger partial charge in [0.2, 0.25) is 22.2 Å². The first kappa shape index (κ1) is 15.4. The van der Waals surface area contributed by atoms with Crippen LogP contribution in [0, 0.1) is 0 Å². The maximum atomic E-state index is 10.6. The fourth-order valence-electron chi connectivity index (χ4n) is 0.650. The first-order valence-electron chi connectivity index (χ1n) is 3.16. The molecule has 0 aliphatic rings. The van der Waals surface area contributed by atoms with Gasteiger partial charge in [-0.05, 0) is 10.9 Å². The fourth-order valence-corrected chi connectivity index (χ4v) is 4.02. The molecule has 2 N–H and O–H groups in total. The van der Waals surface area contributed by atoms with Crippen molar-refractivity contribution in [1.29, 1.82) is 0 Å². The van der Waals surface area contributed by atoms with Gasteiger partial charge in [0.25, 0.3) is 16.3 Å². The van der Waals surface area contributed by atoms with E-state index >= 15 is 0 Å². The van der Waals surface area contributed by atoms with Crippen LogP contribution in [0.4, 0.5) is 0 Å². The predicted octanol–water partition coefficient (Wildman–Crippen LogP) is -4.37. The molecule has 1 unspecified atom stereocenters. The summed E-state index contributed by atoms with van der Waals surface area (Å²) in [6.07, 6.45) is 0. The van der Waals surface area contributed by atoms with Gasteiger partial charge in [0.05, 0.1) is 0 Å². The number of carbonyl (C=O) groups is 1. The molecule has 0 rings (SSSR count). The van der Waals surface area contributed by atoms with Gasteiger partial charge in [-0.3, -0.25) is 4.79 Å². The second kappa shape index (κ2) is 7.39. The molecule has 5 nitrogen and oxygen atoms in total. The van der Waals surface area contributed by atoms with Crippen molar-refractivity contribution >= 4 is 66.7 Å². The first-order chi connectivity index (χ1) is 5.00. The summed E-state index contributed by atoms with van der Waals surface area (Å²) >= 11 is 1.16. The van der Waals surface area contributed by atoms with Gasteiger partial charge in [-0.1, -0.05) is 5.41 Å². The van der Waals surface area contributed by atoms with Crippen LogP contribution in [0.5, 0.6) is 0 Å². The summed E-state index contributed by atoms with van der Waals surface area (Å²) in [5.41, 5.74) is 4.95. The second-order valence-corrected chi connectivity index (χ2v) is 4.66. The Kier molecular flexibility index (Phi) is 9.51. The van der Waals surface area contributed by atoms with Crippen molar-refractivity contribution < 1.29 is 13.2 Å². The second-order valence-electron chi connectivity index (χ2n) is 2.03. The molecular formula is C3H11Al3N2O3S. The summed E-state index contributed by atoms with van der Waals surface area (Å²) in [6.45, 7) is 0. The van der Waals surface area contributed by atoms with Crippen molar-refractivity contribution in [1.82, 2.24) is 4.31 Å². The van der Waals surface area contributed by atoms with Crippen LogP contribution in [-0.2, 0) is 24.1 Å². The van der Waals surface area contributed by atoms with Gasteiger partial charge in [-0.25, -0.2) is 0 Å². The SMILES string of the molecule is NC(=O)[CH]([AlH2])N([CH2][AlH2])[S-](=O)=O.[AlH2+]. The van der Waals surface area contributed by atoms with Crippen molar-refractivity contribution in [3.05, 3.63) is 0 Å². The number of nitrogens with two attached hydrogens (primary N) is 1. The number of primary amides is 1. The van der Waals surface area contributed by atoms with E-state index in [2.05, 4.69) is 0 Å². The standard InChI is InChI=1S/C3H5N2O3S.3Al.6H/c1-5(9(7)8)2-3(4)6;;;;;;;;;/h2H,1H2,(H2,4,6);;;;;;;;;/q-1;;;+1;;;;;;. The van der Waals surface area contributed by atoms with Crippen molar-refractivity contribution in [2.24, 2.45) is 5.73 Å². The van der Waals surface area contributed by atoms with E-state index < -0.39 is 21.7 Å². The third-order valence-corrected chi connectivity index (χ3v) is 5.01. The Hall–Kier alpha value is 0.977. The van der Waals surface area contributed by atoms with Crippen LogP contribution in [0.2, 0.25) is 0 Å². The normalized spacial score (nSPS) is 12.5. The number of nitrogens with zero attached hydrogens (tertiary/aromatic N) is 1. The number of hydrogen-bond donors (Lipinski definition) is 1. The van der Waals surface area contributed by atoms with Gasteiger partial charge in [0, 0.05) is 4.90 Å². The Labute approximate surface area is 99.7 Å². The number of amides is 1. The molecule has 0 fully saturated rings. The third-order valence-electron chi connectivity index (χ3n) is 1.35. The number of rotatable bonds is 4.